The predicted octanol–water partition coefficient (Wildman–Crippen LogP) is 3.03. The molecule has 23 heavy (non-hydrogen) atoms. The summed E-state index contributed by atoms with van der Waals surface area (Å²) in [5, 5.41) is 9.29. The second kappa shape index (κ2) is 5.64. The molecule has 0 atom stereocenters. The number of hydrogen-bond donors (Lipinski definition) is 1. The topological polar surface area (TPSA) is 59.3 Å². The molecule has 2 aromatic carbocycles. The molecule has 1 N–H and O–H groups in total. The molecule has 3 rings (SSSR count). The zero-order chi connectivity index (χ0) is 16.6. The molecule has 0 unspecified atom stereocenters. The van der Waals surface area contributed by atoms with Gasteiger partial charge in [0.2, 0.25) is 0 Å². The van der Waals surface area contributed by atoms with Crippen molar-refractivity contribution in [2.45, 2.75) is 6.54 Å². The normalized spacial score (nSPS) is 10.9. The highest BCUT2D eigenvalue weighted by Crippen LogP contribution is 2.20. The van der Waals surface area contributed by atoms with Crippen molar-refractivity contribution in [2.75, 3.05) is 0 Å². The van der Waals surface area contributed by atoms with Crippen molar-refractivity contribution in [3.8, 4) is 0 Å². The number of rotatable bonds is 3. The summed E-state index contributed by atoms with van der Waals surface area (Å²) < 4.78 is 28.5. The van der Waals surface area contributed by atoms with Crippen LogP contribution in [0.4, 0.5) is 8.78 Å². The van der Waals surface area contributed by atoms with Crippen molar-refractivity contribution in [2.24, 2.45) is 0 Å². The first-order valence-corrected chi connectivity index (χ1v) is 6.76. The average molecular weight is 315 g/mol. The molecule has 0 aliphatic heterocycles. The van der Waals surface area contributed by atoms with E-state index in [-0.39, 0.29) is 17.6 Å². The Kier molecular flexibility index (Phi) is 3.65. The summed E-state index contributed by atoms with van der Waals surface area (Å²) in [4.78, 5) is 23.1. The van der Waals surface area contributed by atoms with Gasteiger partial charge in [-0.15, -0.1) is 0 Å². The van der Waals surface area contributed by atoms with Crippen LogP contribution in [-0.4, -0.2) is 15.6 Å². The van der Waals surface area contributed by atoms with Gasteiger partial charge in [0.15, 0.2) is 0 Å². The number of benzene rings is 2. The Bertz CT molecular complexity index is 962. The molecule has 0 radical (unpaired) electrons. The number of aromatic nitrogens is 1. The lowest BCUT2D eigenvalue weighted by Crippen LogP contribution is -2.21. The maximum Gasteiger partial charge on any atom is 0.335 e. The molecule has 0 bridgehead atoms. The minimum Gasteiger partial charge on any atom is -0.478 e. The minimum absolute atomic E-state index is 0.0202. The molecule has 0 saturated carbocycles. The molecule has 4 nitrogen and oxygen atoms in total. The van der Waals surface area contributed by atoms with Crippen LogP contribution in [-0.2, 0) is 6.54 Å². The Labute approximate surface area is 129 Å². The SMILES string of the molecule is O=C(O)c1cc(F)c2c(ccc(=O)n2Cc2ccc(F)cc2)c1. The first-order chi connectivity index (χ1) is 11.0. The zero-order valence-electron chi connectivity index (χ0n) is 11.8. The van der Waals surface area contributed by atoms with E-state index < -0.39 is 23.2 Å². The van der Waals surface area contributed by atoms with E-state index in [0.717, 1.165) is 6.07 Å². The van der Waals surface area contributed by atoms with Gasteiger partial charge in [0, 0.05) is 11.5 Å². The Balaban J connectivity index is 2.19. The van der Waals surface area contributed by atoms with Gasteiger partial charge in [0.1, 0.15) is 11.6 Å². The largest absolute Gasteiger partial charge is 0.478 e. The van der Waals surface area contributed by atoms with E-state index in [1.807, 2.05) is 0 Å². The second-order valence-corrected chi connectivity index (χ2v) is 5.09. The summed E-state index contributed by atoms with van der Waals surface area (Å²) in [6.45, 7) is 0.0553. The fourth-order valence-electron chi connectivity index (χ4n) is 2.45. The van der Waals surface area contributed by atoms with Crippen LogP contribution in [0.25, 0.3) is 10.9 Å². The zero-order valence-corrected chi connectivity index (χ0v) is 11.8. The highest BCUT2D eigenvalue weighted by Gasteiger charge is 2.13. The lowest BCUT2D eigenvalue weighted by molar-refractivity contribution is 0.0696. The maximum absolute atomic E-state index is 14.3. The number of fused-ring (bicyclic) bond motifs is 1. The molecule has 0 fully saturated rings. The Morgan fingerprint density at radius 1 is 1.04 bits per heavy atom. The van der Waals surface area contributed by atoms with Crippen LogP contribution in [0.5, 0.6) is 0 Å². The van der Waals surface area contributed by atoms with E-state index in [0.29, 0.717) is 10.9 Å². The van der Waals surface area contributed by atoms with Gasteiger partial charge < -0.3 is 9.67 Å². The van der Waals surface area contributed by atoms with Crippen LogP contribution < -0.4 is 5.56 Å². The third-order valence-electron chi connectivity index (χ3n) is 3.54. The highest BCUT2D eigenvalue weighted by molar-refractivity contribution is 5.93. The molecule has 3 aromatic rings. The lowest BCUT2D eigenvalue weighted by atomic mass is 10.1. The molecule has 1 aromatic heterocycles. The number of carboxylic acid groups (broad SMARTS) is 1. The van der Waals surface area contributed by atoms with Gasteiger partial charge in [-0.05, 0) is 35.9 Å². The van der Waals surface area contributed by atoms with Crippen LogP contribution >= 0.6 is 0 Å². The summed E-state index contributed by atoms with van der Waals surface area (Å²) in [5.41, 5.74) is 0.0281. The molecule has 0 spiro atoms. The Hall–Kier alpha value is -3.02. The fourth-order valence-corrected chi connectivity index (χ4v) is 2.45. The van der Waals surface area contributed by atoms with Gasteiger partial charge in [-0.2, -0.15) is 0 Å². The van der Waals surface area contributed by atoms with Crippen LogP contribution in [0.1, 0.15) is 15.9 Å². The third-order valence-corrected chi connectivity index (χ3v) is 3.54. The van der Waals surface area contributed by atoms with E-state index >= 15 is 0 Å². The molecule has 0 aliphatic rings. The molecular weight excluding hydrogens is 304 g/mol. The summed E-state index contributed by atoms with van der Waals surface area (Å²) in [6, 6.07) is 10.3. The first-order valence-electron chi connectivity index (χ1n) is 6.76. The van der Waals surface area contributed by atoms with Gasteiger partial charge in [0.05, 0.1) is 17.6 Å². The van der Waals surface area contributed by atoms with Crippen LogP contribution in [0.15, 0.2) is 53.3 Å². The summed E-state index contributed by atoms with van der Waals surface area (Å²) >= 11 is 0. The summed E-state index contributed by atoms with van der Waals surface area (Å²) in [7, 11) is 0. The van der Waals surface area contributed by atoms with Crippen molar-refractivity contribution < 1.29 is 18.7 Å². The smallest absolute Gasteiger partial charge is 0.335 e. The fraction of sp³-hybridized carbons (Fsp3) is 0.0588. The predicted molar refractivity (Wildman–Crippen MR) is 80.6 cm³/mol. The van der Waals surface area contributed by atoms with E-state index in [4.69, 9.17) is 5.11 Å². The van der Waals surface area contributed by atoms with Crippen LogP contribution in [0.2, 0.25) is 0 Å². The number of carbonyl (C=O) groups is 1. The van der Waals surface area contributed by atoms with Gasteiger partial charge >= 0.3 is 5.97 Å². The number of hydrogen-bond acceptors (Lipinski definition) is 2. The van der Waals surface area contributed by atoms with Crippen molar-refractivity contribution in [3.63, 3.8) is 0 Å². The number of halogens is 2. The lowest BCUT2D eigenvalue weighted by Gasteiger charge is -2.12. The van der Waals surface area contributed by atoms with Crippen molar-refractivity contribution in [1.29, 1.82) is 0 Å². The minimum atomic E-state index is -1.25. The monoisotopic (exact) mass is 315 g/mol. The third kappa shape index (κ3) is 2.83. The molecule has 0 saturated heterocycles. The standard InChI is InChI=1S/C17H11F2NO3/c18-13-4-1-10(2-5-13)9-20-15(21)6-3-11-7-12(17(22)23)8-14(19)16(11)20/h1-8H,9H2,(H,22,23). The molecule has 0 amide bonds. The van der Waals surface area contributed by atoms with Crippen molar-refractivity contribution >= 4 is 16.9 Å². The quantitative estimate of drug-likeness (QED) is 0.808. The van der Waals surface area contributed by atoms with E-state index in [2.05, 4.69) is 0 Å². The van der Waals surface area contributed by atoms with Crippen molar-refractivity contribution in [3.05, 3.63) is 81.6 Å². The van der Waals surface area contributed by atoms with Crippen molar-refractivity contribution in [1.82, 2.24) is 4.57 Å². The van der Waals surface area contributed by atoms with Gasteiger partial charge in [-0.1, -0.05) is 12.1 Å². The molecular formula is C17H11F2NO3. The van der Waals surface area contributed by atoms with E-state index in [1.54, 1.807) is 0 Å². The van der Waals surface area contributed by atoms with Gasteiger partial charge in [0.25, 0.3) is 5.56 Å². The number of aromatic carboxylic acids is 1. The Morgan fingerprint density at radius 2 is 1.74 bits per heavy atom. The second-order valence-electron chi connectivity index (χ2n) is 5.09. The van der Waals surface area contributed by atoms with Crippen LogP contribution in [0, 0.1) is 11.6 Å². The number of nitrogens with zero attached hydrogens (tertiary/aromatic N) is 1. The average Bonchev–Trinajstić information content (AvgIpc) is 2.51. The van der Waals surface area contributed by atoms with Gasteiger partial charge in [-0.25, -0.2) is 13.6 Å². The molecule has 1 heterocycles. The summed E-state index contributed by atoms with van der Waals surface area (Å²) in [5.74, 6) is -2.45. The number of carboxylic acids is 1. The highest BCUT2D eigenvalue weighted by atomic mass is 19.1. The summed E-state index contributed by atoms with van der Waals surface area (Å²) in [6.07, 6.45) is 0. The van der Waals surface area contributed by atoms with E-state index in [9.17, 15) is 18.4 Å². The Morgan fingerprint density at radius 3 is 2.39 bits per heavy atom. The number of pyridine rings is 1. The van der Waals surface area contributed by atoms with Gasteiger partial charge in [-0.3, -0.25) is 4.79 Å². The van der Waals surface area contributed by atoms with Crippen LogP contribution in [0.3, 0.4) is 0 Å². The first kappa shape index (κ1) is 14.9. The van der Waals surface area contributed by atoms with E-state index in [1.165, 1.54) is 47.0 Å². The molecule has 116 valence electrons. The molecule has 6 heteroatoms. The molecule has 0 aliphatic carbocycles. The maximum atomic E-state index is 14.3.